The zero-order valence-corrected chi connectivity index (χ0v) is 8.71. The van der Waals surface area contributed by atoms with Crippen LogP contribution in [0.1, 0.15) is 28.6 Å². The Kier molecular flexibility index (Phi) is 2.02. The number of rotatable bonds is 2. The van der Waals surface area contributed by atoms with Crippen molar-refractivity contribution < 1.29 is 15.0 Å². The van der Waals surface area contributed by atoms with Gasteiger partial charge in [-0.15, -0.1) is 0 Å². The van der Waals surface area contributed by atoms with Crippen LogP contribution in [0.2, 0.25) is 0 Å². The average Bonchev–Trinajstić information content (AvgIpc) is 3.03. The maximum atomic E-state index is 12.0. The van der Waals surface area contributed by atoms with Crippen LogP contribution in [-0.4, -0.2) is 33.7 Å². The van der Waals surface area contributed by atoms with Gasteiger partial charge in [0.1, 0.15) is 0 Å². The molecule has 3 rings (SSSR count). The summed E-state index contributed by atoms with van der Waals surface area (Å²) in [6.07, 6.45) is -0.0574. The van der Waals surface area contributed by atoms with Crippen molar-refractivity contribution in [2.75, 3.05) is 6.61 Å². The summed E-state index contributed by atoms with van der Waals surface area (Å²) in [7, 11) is 0. The lowest BCUT2D eigenvalue weighted by atomic mass is 10.1. The predicted molar refractivity (Wildman–Crippen MR) is 56.6 cm³/mol. The van der Waals surface area contributed by atoms with Crippen molar-refractivity contribution in [3.05, 3.63) is 35.4 Å². The van der Waals surface area contributed by atoms with E-state index in [0.717, 1.165) is 6.42 Å². The molecule has 4 heteroatoms. The highest BCUT2D eigenvalue weighted by molar-refractivity contribution is 5.99. The standard InChI is InChI=1S/C12H13NO3/c14-6-7-5-10(7)13-11(15)8-3-1-2-4-9(8)12(13)16/h1-4,7,10-11,14-15H,5-6H2/t7-,10+,11?/m1/s1. The molecule has 0 saturated heterocycles. The molecule has 1 unspecified atom stereocenters. The molecule has 3 atom stereocenters. The van der Waals surface area contributed by atoms with E-state index in [9.17, 15) is 9.90 Å². The number of fused-ring (bicyclic) bond motifs is 1. The first-order valence-electron chi connectivity index (χ1n) is 5.44. The molecule has 1 aromatic carbocycles. The summed E-state index contributed by atoms with van der Waals surface area (Å²) in [4.78, 5) is 13.5. The number of hydrogen-bond donors (Lipinski definition) is 2. The van der Waals surface area contributed by atoms with Gasteiger partial charge in [-0.05, 0) is 12.5 Å². The van der Waals surface area contributed by atoms with Gasteiger partial charge in [0.15, 0.2) is 6.23 Å². The second-order valence-corrected chi connectivity index (χ2v) is 4.42. The molecule has 0 bridgehead atoms. The third kappa shape index (κ3) is 1.20. The number of carbonyl (C=O) groups is 1. The molecule has 1 aliphatic carbocycles. The van der Waals surface area contributed by atoms with Crippen LogP contribution in [0.5, 0.6) is 0 Å². The maximum absolute atomic E-state index is 12.0. The molecule has 1 aromatic rings. The minimum Gasteiger partial charge on any atom is -0.396 e. The molecule has 1 aliphatic heterocycles. The van der Waals surface area contributed by atoms with Crippen LogP contribution in [0.3, 0.4) is 0 Å². The monoisotopic (exact) mass is 219 g/mol. The summed E-state index contributed by atoms with van der Waals surface area (Å²) in [5, 5.41) is 19.1. The van der Waals surface area contributed by atoms with E-state index < -0.39 is 6.23 Å². The Morgan fingerprint density at radius 3 is 2.75 bits per heavy atom. The Bertz CT molecular complexity index is 446. The number of amides is 1. The molecule has 2 N–H and O–H groups in total. The number of aliphatic hydroxyl groups is 2. The highest BCUT2D eigenvalue weighted by Gasteiger charge is 2.49. The van der Waals surface area contributed by atoms with Crippen molar-refractivity contribution in [1.82, 2.24) is 4.90 Å². The number of hydrogen-bond acceptors (Lipinski definition) is 3. The van der Waals surface area contributed by atoms with Crippen LogP contribution in [-0.2, 0) is 0 Å². The van der Waals surface area contributed by atoms with Crippen LogP contribution in [0.4, 0.5) is 0 Å². The maximum Gasteiger partial charge on any atom is 0.256 e. The molecule has 4 nitrogen and oxygen atoms in total. The van der Waals surface area contributed by atoms with Gasteiger partial charge in [0.25, 0.3) is 5.91 Å². The molecule has 1 saturated carbocycles. The first-order chi connectivity index (χ1) is 7.74. The quantitative estimate of drug-likeness (QED) is 0.762. The molecular weight excluding hydrogens is 206 g/mol. The molecule has 16 heavy (non-hydrogen) atoms. The summed E-state index contributed by atoms with van der Waals surface area (Å²) in [6.45, 7) is 0.0809. The van der Waals surface area contributed by atoms with Crippen LogP contribution < -0.4 is 0 Å². The summed E-state index contributed by atoms with van der Waals surface area (Å²) in [5.74, 6) is 0.0111. The summed E-state index contributed by atoms with van der Waals surface area (Å²) >= 11 is 0. The van der Waals surface area contributed by atoms with E-state index in [2.05, 4.69) is 0 Å². The lowest BCUT2D eigenvalue weighted by Gasteiger charge is -2.20. The van der Waals surface area contributed by atoms with Gasteiger partial charge in [-0.25, -0.2) is 0 Å². The van der Waals surface area contributed by atoms with E-state index in [0.29, 0.717) is 11.1 Å². The van der Waals surface area contributed by atoms with Crippen molar-refractivity contribution in [1.29, 1.82) is 0 Å². The zero-order valence-electron chi connectivity index (χ0n) is 8.71. The van der Waals surface area contributed by atoms with E-state index in [1.165, 1.54) is 4.90 Å². The van der Waals surface area contributed by atoms with E-state index in [-0.39, 0.29) is 24.5 Å². The molecular formula is C12H13NO3. The van der Waals surface area contributed by atoms with Gasteiger partial charge in [0.05, 0.1) is 0 Å². The fourth-order valence-electron chi connectivity index (χ4n) is 2.42. The highest BCUT2D eigenvalue weighted by atomic mass is 16.3. The van der Waals surface area contributed by atoms with Crippen molar-refractivity contribution in [3.8, 4) is 0 Å². The predicted octanol–water partition coefficient (Wildman–Crippen LogP) is 0.514. The SMILES string of the molecule is O=C1c2ccccc2C(O)N1[C@H]1C[C@@H]1CO. The molecule has 1 fully saturated rings. The number of nitrogens with zero attached hydrogens (tertiary/aromatic N) is 1. The summed E-state index contributed by atoms with van der Waals surface area (Å²) in [5.41, 5.74) is 1.26. The first-order valence-corrected chi connectivity index (χ1v) is 5.44. The fraction of sp³-hybridized carbons (Fsp3) is 0.417. The van der Waals surface area contributed by atoms with E-state index in [1.54, 1.807) is 18.2 Å². The minimum absolute atomic E-state index is 0.0000926. The van der Waals surface area contributed by atoms with Crippen molar-refractivity contribution in [3.63, 3.8) is 0 Å². The Labute approximate surface area is 93.1 Å². The van der Waals surface area contributed by atoms with Crippen molar-refractivity contribution >= 4 is 5.91 Å². The largest absolute Gasteiger partial charge is 0.396 e. The van der Waals surface area contributed by atoms with Gasteiger partial charge in [-0.1, -0.05) is 18.2 Å². The molecule has 0 aromatic heterocycles. The van der Waals surface area contributed by atoms with E-state index in [4.69, 9.17) is 5.11 Å². The fourth-order valence-corrected chi connectivity index (χ4v) is 2.42. The molecule has 1 amide bonds. The summed E-state index contributed by atoms with van der Waals surface area (Å²) in [6, 6.07) is 7.12. The highest BCUT2D eigenvalue weighted by Crippen LogP contribution is 2.43. The Balaban J connectivity index is 1.93. The Morgan fingerprint density at radius 2 is 2.12 bits per heavy atom. The topological polar surface area (TPSA) is 60.8 Å². The van der Waals surface area contributed by atoms with Gasteiger partial charge >= 0.3 is 0 Å². The number of aliphatic hydroxyl groups excluding tert-OH is 2. The number of benzene rings is 1. The van der Waals surface area contributed by atoms with Gasteiger partial charge in [-0.3, -0.25) is 4.79 Å². The first kappa shape index (κ1) is 9.81. The van der Waals surface area contributed by atoms with Gasteiger partial charge in [0.2, 0.25) is 0 Å². The second-order valence-electron chi connectivity index (χ2n) is 4.42. The van der Waals surface area contributed by atoms with Crippen LogP contribution in [0.25, 0.3) is 0 Å². The van der Waals surface area contributed by atoms with Crippen LogP contribution in [0.15, 0.2) is 24.3 Å². The zero-order chi connectivity index (χ0) is 11.3. The Morgan fingerprint density at radius 1 is 1.38 bits per heavy atom. The second kappa shape index (κ2) is 3.30. The number of carbonyl (C=O) groups excluding carboxylic acids is 1. The smallest absolute Gasteiger partial charge is 0.256 e. The molecule has 2 aliphatic rings. The lowest BCUT2D eigenvalue weighted by Crippen LogP contribution is -2.31. The average molecular weight is 219 g/mol. The molecule has 0 radical (unpaired) electrons. The van der Waals surface area contributed by atoms with E-state index in [1.807, 2.05) is 6.07 Å². The molecule has 0 spiro atoms. The van der Waals surface area contributed by atoms with Gasteiger partial charge < -0.3 is 15.1 Å². The van der Waals surface area contributed by atoms with E-state index >= 15 is 0 Å². The van der Waals surface area contributed by atoms with Crippen molar-refractivity contribution in [2.45, 2.75) is 18.7 Å². The minimum atomic E-state index is -0.842. The normalized spacial score (nSPS) is 31.8. The third-order valence-electron chi connectivity index (χ3n) is 3.44. The van der Waals surface area contributed by atoms with Crippen molar-refractivity contribution in [2.24, 2.45) is 5.92 Å². The molecule has 1 heterocycles. The Hall–Kier alpha value is -1.39. The van der Waals surface area contributed by atoms with Gasteiger partial charge in [0, 0.05) is 29.7 Å². The molecule has 84 valence electrons. The van der Waals surface area contributed by atoms with Gasteiger partial charge in [-0.2, -0.15) is 0 Å². The third-order valence-corrected chi connectivity index (χ3v) is 3.44. The summed E-state index contributed by atoms with van der Waals surface area (Å²) < 4.78 is 0. The van der Waals surface area contributed by atoms with Crippen LogP contribution in [0, 0.1) is 5.92 Å². The van der Waals surface area contributed by atoms with Crippen LogP contribution >= 0.6 is 0 Å². The lowest BCUT2D eigenvalue weighted by molar-refractivity contribution is 0.0101.